The number of carbonyl (C=O) groups is 2. The number of aromatic nitrogens is 3. The second-order valence-corrected chi connectivity index (χ2v) is 11.8. The lowest BCUT2D eigenvalue weighted by Crippen LogP contribution is -2.17. The molecule has 4 rings (SSSR count). The second-order valence-electron chi connectivity index (χ2n) is 8.54. The topological polar surface area (TPSA) is 86.1 Å². The van der Waals surface area contributed by atoms with Crippen molar-refractivity contribution in [3.8, 4) is 22.5 Å². The zero-order chi connectivity index (χ0) is 26.7. The van der Waals surface area contributed by atoms with E-state index < -0.39 is 5.97 Å². The number of benzene rings is 1. The molecule has 0 aliphatic carbocycles. The van der Waals surface area contributed by atoms with Crippen LogP contribution in [0.1, 0.15) is 45.1 Å². The van der Waals surface area contributed by atoms with E-state index in [-0.39, 0.29) is 18.3 Å². The quantitative estimate of drug-likeness (QED) is 0.179. The van der Waals surface area contributed by atoms with Gasteiger partial charge in [0.2, 0.25) is 5.91 Å². The third kappa shape index (κ3) is 5.66. The fourth-order valence-electron chi connectivity index (χ4n) is 4.03. The van der Waals surface area contributed by atoms with Crippen LogP contribution in [0.15, 0.2) is 34.8 Å². The summed E-state index contributed by atoms with van der Waals surface area (Å²) in [4.78, 5) is 27.5. The predicted molar refractivity (Wildman–Crippen MR) is 153 cm³/mol. The zero-order valence-electron chi connectivity index (χ0n) is 21.8. The van der Waals surface area contributed by atoms with E-state index >= 15 is 0 Å². The minimum atomic E-state index is -0.418. The van der Waals surface area contributed by atoms with Crippen molar-refractivity contribution in [1.82, 2.24) is 14.8 Å². The van der Waals surface area contributed by atoms with Crippen molar-refractivity contribution in [2.24, 2.45) is 0 Å². The van der Waals surface area contributed by atoms with Crippen molar-refractivity contribution in [2.75, 3.05) is 17.7 Å². The molecule has 0 bridgehead atoms. The summed E-state index contributed by atoms with van der Waals surface area (Å²) in [5.41, 5.74) is 5.83. The number of thiophene rings is 2. The maximum absolute atomic E-state index is 12.9. The Morgan fingerprint density at radius 3 is 2.46 bits per heavy atom. The summed E-state index contributed by atoms with van der Waals surface area (Å²) in [7, 11) is 0. The van der Waals surface area contributed by atoms with Crippen molar-refractivity contribution in [1.29, 1.82) is 0 Å². The van der Waals surface area contributed by atoms with Crippen LogP contribution in [0.3, 0.4) is 0 Å². The van der Waals surface area contributed by atoms with E-state index in [4.69, 9.17) is 4.74 Å². The van der Waals surface area contributed by atoms with Crippen LogP contribution in [0.2, 0.25) is 0 Å². The minimum absolute atomic E-state index is 0.143. The molecule has 4 aromatic rings. The number of nitrogens with one attached hydrogen (secondary N) is 1. The number of aryl methyl sites for hydroxylation is 3. The standard InChI is InChI=1S/C27H30N4O3S3/c1-7-31-24(20-13-35-18(6)23(20)19-11-9-15(3)10-12-19)29-30-27(31)36-14-21(32)28-25-22(26(33)34-8-2)16(4)17(5)37-25/h9-13H,7-8,14H2,1-6H3,(H,28,32). The van der Waals surface area contributed by atoms with Gasteiger partial charge in [0.15, 0.2) is 11.0 Å². The van der Waals surface area contributed by atoms with E-state index in [1.54, 1.807) is 18.3 Å². The molecule has 3 heterocycles. The van der Waals surface area contributed by atoms with Crippen LogP contribution < -0.4 is 5.32 Å². The Bertz CT molecular complexity index is 1430. The fourth-order valence-corrected chi connectivity index (χ4v) is 6.77. The van der Waals surface area contributed by atoms with Gasteiger partial charge in [-0.1, -0.05) is 41.6 Å². The van der Waals surface area contributed by atoms with Crippen LogP contribution in [0.25, 0.3) is 22.5 Å². The molecule has 0 aliphatic rings. The van der Waals surface area contributed by atoms with Crippen molar-refractivity contribution in [3.63, 3.8) is 0 Å². The number of rotatable bonds is 9. The van der Waals surface area contributed by atoms with Crippen LogP contribution in [0.5, 0.6) is 0 Å². The summed E-state index contributed by atoms with van der Waals surface area (Å²) in [6.07, 6.45) is 0. The highest BCUT2D eigenvalue weighted by atomic mass is 32.2. The summed E-state index contributed by atoms with van der Waals surface area (Å²) in [5.74, 6) is 0.303. The molecule has 0 aliphatic heterocycles. The number of amides is 1. The van der Waals surface area contributed by atoms with Crippen LogP contribution in [-0.2, 0) is 16.1 Å². The largest absolute Gasteiger partial charge is 0.462 e. The monoisotopic (exact) mass is 554 g/mol. The number of nitrogens with zero attached hydrogens (tertiary/aromatic N) is 3. The van der Waals surface area contributed by atoms with Gasteiger partial charge in [-0.25, -0.2) is 4.79 Å². The van der Waals surface area contributed by atoms with E-state index in [1.807, 2.05) is 25.3 Å². The van der Waals surface area contributed by atoms with Crippen LogP contribution in [-0.4, -0.2) is 39.0 Å². The van der Waals surface area contributed by atoms with Gasteiger partial charge in [0.1, 0.15) is 5.00 Å². The minimum Gasteiger partial charge on any atom is -0.462 e. The number of anilines is 1. The molecule has 37 heavy (non-hydrogen) atoms. The second kappa shape index (κ2) is 11.6. The highest BCUT2D eigenvalue weighted by Gasteiger charge is 2.23. The van der Waals surface area contributed by atoms with Crippen LogP contribution in [0, 0.1) is 27.7 Å². The first-order valence-electron chi connectivity index (χ1n) is 12.0. The van der Waals surface area contributed by atoms with Gasteiger partial charge < -0.3 is 14.6 Å². The summed E-state index contributed by atoms with van der Waals surface area (Å²) >= 11 is 4.41. The molecule has 10 heteroatoms. The van der Waals surface area contributed by atoms with Crippen molar-refractivity contribution in [3.05, 3.63) is 56.1 Å². The lowest BCUT2D eigenvalue weighted by molar-refractivity contribution is -0.113. The van der Waals surface area contributed by atoms with Crippen molar-refractivity contribution in [2.45, 2.75) is 53.2 Å². The molecule has 0 saturated carbocycles. The zero-order valence-corrected chi connectivity index (χ0v) is 24.2. The number of carbonyl (C=O) groups excluding carboxylic acids is 2. The Labute approximate surface area is 229 Å². The maximum atomic E-state index is 12.9. The molecular formula is C27H30N4O3S3. The van der Waals surface area contributed by atoms with Crippen molar-refractivity contribution >= 4 is 51.3 Å². The average molecular weight is 555 g/mol. The highest BCUT2D eigenvalue weighted by Crippen LogP contribution is 2.39. The van der Waals surface area contributed by atoms with E-state index in [9.17, 15) is 9.59 Å². The number of thioether (sulfide) groups is 1. The molecule has 1 amide bonds. The van der Waals surface area contributed by atoms with Gasteiger partial charge in [-0.2, -0.15) is 0 Å². The summed E-state index contributed by atoms with van der Waals surface area (Å²) in [5, 5.41) is 15.2. The average Bonchev–Trinajstić information content (AvgIpc) is 3.53. The fraction of sp³-hybridized carbons (Fsp3) is 0.333. The van der Waals surface area contributed by atoms with Gasteiger partial charge in [0, 0.05) is 32.8 Å². The first-order valence-corrected chi connectivity index (χ1v) is 14.7. The number of hydrogen-bond donors (Lipinski definition) is 1. The molecule has 0 fully saturated rings. The van der Waals surface area contributed by atoms with Gasteiger partial charge in [-0.3, -0.25) is 4.79 Å². The molecule has 0 saturated heterocycles. The highest BCUT2D eigenvalue weighted by molar-refractivity contribution is 7.99. The van der Waals surface area contributed by atoms with Gasteiger partial charge >= 0.3 is 5.97 Å². The van der Waals surface area contributed by atoms with E-state index in [2.05, 4.69) is 59.0 Å². The molecule has 1 aromatic carbocycles. The summed E-state index contributed by atoms with van der Waals surface area (Å²) in [6.45, 7) is 12.8. The van der Waals surface area contributed by atoms with Gasteiger partial charge in [0.25, 0.3) is 0 Å². The Kier molecular flexibility index (Phi) is 8.51. The molecule has 0 spiro atoms. The van der Waals surface area contributed by atoms with Crippen molar-refractivity contribution < 1.29 is 14.3 Å². The number of esters is 1. The first kappa shape index (κ1) is 27.1. The Morgan fingerprint density at radius 1 is 1.05 bits per heavy atom. The lowest BCUT2D eigenvalue weighted by Gasteiger charge is -2.10. The van der Waals surface area contributed by atoms with Gasteiger partial charge in [0.05, 0.1) is 17.9 Å². The third-order valence-electron chi connectivity index (χ3n) is 6.04. The third-order valence-corrected chi connectivity index (χ3v) is 9.04. The van der Waals surface area contributed by atoms with E-state index in [0.717, 1.165) is 33.0 Å². The van der Waals surface area contributed by atoms with Gasteiger partial charge in [-0.15, -0.1) is 32.9 Å². The number of hydrogen-bond acceptors (Lipinski definition) is 8. The number of ether oxygens (including phenoxy) is 1. The Hall–Kier alpha value is -2.95. The molecule has 1 N–H and O–H groups in total. The van der Waals surface area contributed by atoms with E-state index in [0.29, 0.717) is 22.3 Å². The normalized spacial score (nSPS) is 11.1. The molecule has 3 aromatic heterocycles. The molecule has 7 nitrogen and oxygen atoms in total. The summed E-state index contributed by atoms with van der Waals surface area (Å²) in [6, 6.07) is 8.51. The lowest BCUT2D eigenvalue weighted by atomic mass is 10.0. The first-order chi connectivity index (χ1) is 17.7. The SMILES string of the molecule is CCOC(=O)c1c(NC(=O)CSc2nnc(-c3csc(C)c3-c3ccc(C)cc3)n2CC)sc(C)c1C. The van der Waals surface area contributed by atoms with Gasteiger partial charge in [-0.05, 0) is 52.7 Å². The molecule has 194 valence electrons. The molecule has 0 unspecified atom stereocenters. The Morgan fingerprint density at radius 2 is 1.78 bits per heavy atom. The molecule has 0 radical (unpaired) electrons. The molecule has 0 atom stereocenters. The Balaban J connectivity index is 1.53. The predicted octanol–water partition coefficient (Wildman–Crippen LogP) is 6.90. The van der Waals surface area contributed by atoms with Crippen LogP contribution in [0.4, 0.5) is 5.00 Å². The smallest absolute Gasteiger partial charge is 0.341 e. The maximum Gasteiger partial charge on any atom is 0.341 e. The van der Waals surface area contributed by atoms with Crippen LogP contribution >= 0.6 is 34.4 Å². The van der Waals surface area contributed by atoms with E-state index in [1.165, 1.54) is 33.5 Å². The summed E-state index contributed by atoms with van der Waals surface area (Å²) < 4.78 is 7.23. The molecular weight excluding hydrogens is 525 g/mol.